The first kappa shape index (κ1) is 14.6. The number of piperidine rings is 1. The van der Waals surface area contributed by atoms with E-state index >= 15 is 0 Å². The molecule has 1 atom stereocenters. The van der Waals surface area contributed by atoms with Crippen LogP contribution < -0.4 is 5.32 Å². The van der Waals surface area contributed by atoms with E-state index in [0.717, 1.165) is 23.6 Å². The fourth-order valence-electron chi connectivity index (χ4n) is 3.75. The van der Waals surface area contributed by atoms with Crippen molar-refractivity contribution in [2.45, 2.75) is 51.0 Å². The number of rotatable bonds is 1. The van der Waals surface area contributed by atoms with Crippen LogP contribution in [0.5, 0.6) is 0 Å². The third kappa shape index (κ3) is 2.27. The van der Waals surface area contributed by atoms with Crippen molar-refractivity contribution in [3.63, 3.8) is 0 Å². The average molecular weight is 312 g/mol. The van der Waals surface area contributed by atoms with Gasteiger partial charge in [-0.1, -0.05) is 25.8 Å². The Kier molecular flexibility index (Phi) is 3.35. The molecule has 1 aliphatic carbocycles. The second-order valence-electron chi connectivity index (χ2n) is 6.35. The van der Waals surface area contributed by atoms with E-state index < -0.39 is 27.4 Å². The number of carbonyl (C=O) groups excluding carboxylic acids is 2. The first-order chi connectivity index (χ1) is 9.86. The van der Waals surface area contributed by atoms with Crippen LogP contribution in [0.15, 0.2) is 12.3 Å². The molecule has 1 unspecified atom stereocenters. The summed E-state index contributed by atoms with van der Waals surface area (Å²) in [5.41, 5.74) is -0.209. The molecule has 2 aliphatic heterocycles. The molecule has 1 spiro atoms. The second-order valence-corrected chi connectivity index (χ2v) is 8.19. The van der Waals surface area contributed by atoms with Crippen LogP contribution in [0.25, 0.3) is 0 Å². The minimum Gasteiger partial charge on any atom is -0.329 e. The SMILES string of the molecule is C=C1CCC(N2C(=O)C3(CCCCC3)CS2(=O)=O)C(=O)N1. The van der Waals surface area contributed by atoms with E-state index in [-0.39, 0.29) is 11.7 Å². The molecule has 2 saturated heterocycles. The fraction of sp³-hybridized carbons (Fsp3) is 0.714. The van der Waals surface area contributed by atoms with E-state index in [0.29, 0.717) is 31.4 Å². The molecule has 0 aromatic heterocycles. The Balaban J connectivity index is 1.93. The normalized spacial score (nSPS) is 31.5. The lowest BCUT2D eigenvalue weighted by Gasteiger charge is -2.33. The molecule has 2 heterocycles. The van der Waals surface area contributed by atoms with E-state index in [2.05, 4.69) is 11.9 Å². The number of allylic oxidation sites excluding steroid dienone is 1. The predicted octanol–water partition coefficient (Wildman–Crippen LogP) is 0.901. The van der Waals surface area contributed by atoms with Gasteiger partial charge in [0.15, 0.2) is 0 Å². The first-order valence-electron chi connectivity index (χ1n) is 7.41. The summed E-state index contributed by atoms with van der Waals surface area (Å²) in [6.07, 6.45) is 4.85. The van der Waals surface area contributed by atoms with Crippen molar-refractivity contribution in [1.29, 1.82) is 0 Å². The number of amides is 2. The zero-order valence-corrected chi connectivity index (χ0v) is 12.7. The number of carbonyl (C=O) groups is 2. The van der Waals surface area contributed by atoms with Gasteiger partial charge in [-0.25, -0.2) is 12.7 Å². The topological polar surface area (TPSA) is 83.6 Å². The van der Waals surface area contributed by atoms with E-state index in [4.69, 9.17) is 0 Å². The van der Waals surface area contributed by atoms with E-state index in [9.17, 15) is 18.0 Å². The molecule has 1 saturated carbocycles. The van der Waals surface area contributed by atoms with Gasteiger partial charge in [0.25, 0.3) is 0 Å². The number of hydrogen-bond donors (Lipinski definition) is 1. The molecule has 0 bridgehead atoms. The monoisotopic (exact) mass is 312 g/mol. The molecule has 0 aromatic rings. The Bertz CT molecular complexity index is 604. The average Bonchev–Trinajstić information content (AvgIpc) is 2.59. The van der Waals surface area contributed by atoms with Gasteiger partial charge in [-0.2, -0.15) is 0 Å². The highest BCUT2D eigenvalue weighted by Gasteiger charge is 2.58. The minimum atomic E-state index is -3.70. The van der Waals surface area contributed by atoms with E-state index in [1.807, 2.05) is 0 Å². The molecule has 3 fully saturated rings. The Morgan fingerprint density at radius 3 is 2.48 bits per heavy atom. The summed E-state index contributed by atoms with van der Waals surface area (Å²) in [5, 5.41) is 2.56. The Morgan fingerprint density at radius 2 is 1.86 bits per heavy atom. The van der Waals surface area contributed by atoms with Crippen LogP contribution in [0.2, 0.25) is 0 Å². The highest BCUT2D eigenvalue weighted by molar-refractivity contribution is 7.90. The number of nitrogens with zero attached hydrogens (tertiary/aromatic N) is 1. The van der Waals surface area contributed by atoms with Crippen molar-refractivity contribution >= 4 is 21.8 Å². The number of sulfonamides is 1. The highest BCUT2D eigenvalue weighted by Crippen LogP contribution is 2.45. The molecule has 2 amide bonds. The summed E-state index contributed by atoms with van der Waals surface area (Å²) in [6.45, 7) is 3.68. The summed E-state index contributed by atoms with van der Waals surface area (Å²) in [6, 6.07) is -0.908. The van der Waals surface area contributed by atoms with Crippen molar-refractivity contribution in [1.82, 2.24) is 9.62 Å². The summed E-state index contributed by atoms with van der Waals surface area (Å²) in [7, 11) is -3.70. The Hall–Kier alpha value is -1.37. The van der Waals surface area contributed by atoms with Gasteiger partial charge in [-0.05, 0) is 25.7 Å². The van der Waals surface area contributed by atoms with Gasteiger partial charge >= 0.3 is 0 Å². The molecule has 0 aromatic carbocycles. The molecular formula is C14H20N2O4S. The highest BCUT2D eigenvalue weighted by atomic mass is 32.2. The molecule has 1 N–H and O–H groups in total. The van der Waals surface area contributed by atoms with Gasteiger partial charge in [0.1, 0.15) is 6.04 Å². The lowest BCUT2D eigenvalue weighted by molar-refractivity contribution is -0.141. The first-order valence-corrected chi connectivity index (χ1v) is 9.02. The zero-order valence-electron chi connectivity index (χ0n) is 11.9. The van der Waals surface area contributed by atoms with Crippen LogP contribution in [0, 0.1) is 5.41 Å². The van der Waals surface area contributed by atoms with Gasteiger partial charge in [0.05, 0.1) is 11.2 Å². The maximum absolute atomic E-state index is 12.8. The lowest BCUT2D eigenvalue weighted by atomic mass is 9.74. The molecule has 3 aliphatic rings. The summed E-state index contributed by atoms with van der Waals surface area (Å²) in [5.74, 6) is -0.935. The van der Waals surface area contributed by atoms with Gasteiger partial charge in [0, 0.05) is 5.70 Å². The van der Waals surface area contributed by atoms with Crippen molar-refractivity contribution in [2.75, 3.05) is 5.75 Å². The molecule has 6 nitrogen and oxygen atoms in total. The van der Waals surface area contributed by atoms with Crippen molar-refractivity contribution in [3.8, 4) is 0 Å². The Morgan fingerprint density at radius 1 is 1.19 bits per heavy atom. The number of nitrogens with one attached hydrogen (secondary N) is 1. The third-order valence-corrected chi connectivity index (χ3v) is 6.77. The second kappa shape index (κ2) is 4.83. The van der Waals surface area contributed by atoms with E-state index in [1.54, 1.807) is 0 Å². The van der Waals surface area contributed by atoms with Crippen molar-refractivity contribution in [3.05, 3.63) is 12.3 Å². The number of hydrogen-bond acceptors (Lipinski definition) is 4. The standard InChI is InChI=1S/C14H20N2O4S/c1-10-5-6-11(12(17)15-10)16-13(18)14(9-21(16,19)20)7-3-2-4-8-14/h11H,1-9H2,(H,15,17). The molecular weight excluding hydrogens is 292 g/mol. The molecule has 3 rings (SSSR count). The third-order valence-electron chi connectivity index (χ3n) is 4.83. The molecule has 116 valence electrons. The maximum Gasteiger partial charge on any atom is 0.248 e. The fourth-order valence-corrected chi connectivity index (χ4v) is 6.03. The largest absolute Gasteiger partial charge is 0.329 e. The van der Waals surface area contributed by atoms with Crippen LogP contribution in [0.4, 0.5) is 0 Å². The Labute approximate surface area is 124 Å². The van der Waals surface area contributed by atoms with Crippen LogP contribution in [-0.4, -0.2) is 36.3 Å². The quantitative estimate of drug-likeness (QED) is 0.780. The van der Waals surface area contributed by atoms with Crippen LogP contribution >= 0.6 is 0 Å². The lowest BCUT2D eigenvalue weighted by Crippen LogP contribution is -2.52. The summed E-state index contributed by atoms with van der Waals surface area (Å²) in [4.78, 5) is 24.8. The van der Waals surface area contributed by atoms with Crippen molar-refractivity contribution < 1.29 is 18.0 Å². The molecule has 7 heteroatoms. The van der Waals surface area contributed by atoms with Crippen LogP contribution in [0.3, 0.4) is 0 Å². The van der Waals surface area contributed by atoms with Gasteiger partial charge in [0.2, 0.25) is 21.8 Å². The minimum absolute atomic E-state index is 0.135. The maximum atomic E-state index is 12.8. The smallest absolute Gasteiger partial charge is 0.248 e. The zero-order chi connectivity index (χ0) is 15.3. The van der Waals surface area contributed by atoms with Gasteiger partial charge in [-0.15, -0.1) is 0 Å². The molecule has 21 heavy (non-hydrogen) atoms. The predicted molar refractivity (Wildman–Crippen MR) is 76.5 cm³/mol. The van der Waals surface area contributed by atoms with Crippen LogP contribution in [0.1, 0.15) is 44.9 Å². The van der Waals surface area contributed by atoms with Gasteiger partial charge < -0.3 is 5.32 Å². The van der Waals surface area contributed by atoms with Crippen LogP contribution in [-0.2, 0) is 19.6 Å². The molecule has 0 radical (unpaired) electrons. The summed E-state index contributed by atoms with van der Waals surface area (Å²) >= 11 is 0. The van der Waals surface area contributed by atoms with E-state index in [1.165, 1.54) is 0 Å². The van der Waals surface area contributed by atoms with Gasteiger partial charge in [-0.3, -0.25) is 9.59 Å². The van der Waals surface area contributed by atoms with Crippen molar-refractivity contribution in [2.24, 2.45) is 5.41 Å². The summed E-state index contributed by atoms with van der Waals surface area (Å²) < 4.78 is 25.8.